The van der Waals surface area contributed by atoms with Gasteiger partial charge in [-0.3, -0.25) is 0 Å². The monoisotopic (exact) mass is 378 g/mol. The second-order valence-corrected chi connectivity index (χ2v) is 14.7. The summed E-state index contributed by atoms with van der Waals surface area (Å²) in [5.41, 5.74) is 0. The first-order valence-corrected chi connectivity index (χ1v) is 19.0. The average molecular weight is 378 g/mol. The van der Waals surface area contributed by atoms with Gasteiger partial charge in [-0.2, -0.15) is 0 Å². The molecule has 9 heavy (non-hydrogen) atoms. The van der Waals surface area contributed by atoms with Crippen LogP contribution in [0.15, 0.2) is 0 Å². The Balaban J connectivity index is 2.18. The van der Waals surface area contributed by atoms with Gasteiger partial charge < -0.3 is 0 Å². The fourth-order valence-corrected chi connectivity index (χ4v) is 10.2. The first kappa shape index (κ1) is 8.51. The molecule has 1 fully saturated rings. The van der Waals surface area contributed by atoms with Crippen molar-refractivity contribution in [1.82, 2.24) is 0 Å². The van der Waals surface area contributed by atoms with Crippen LogP contribution in [0.25, 0.3) is 0 Å². The maximum atomic E-state index is 3.75. The third-order valence-electron chi connectivity index (χ3n) is 2.35. The number of hydrogen-bond acceptors (Lipinski definition) is 0. The Labute approximate surface area is 75.5 Å². The van der Waals surface area contributed by atoms with Crippen LogP contribution in [0, 0.1) is 5.92 Å². The van der Waals surface area contributed by atoms with Crippen LogP contribution in [0.4, 0.5) is 0 Å². The minimum atomic E-state index is -0.480. The van der Waals surface area contributed by atoms with Gasteiger partial charge in [-0.05, 0) is 0 Å². The van der Waals surface area contributed by atoms with Crippen LogP contribution in [0.5, 0.6) is 0 Å². The van der Waals surface area contributed by atoms with Crippen LogP contribution in [0.2, 0.25) is 3.43 Å². The molecule has 0 aromatic carbocycles. The third kappa shape index (κ3) is 2.88. The Morgan fingerprint density at radius 1 is 1.22 bits per heavy atom. The van der Waals surface area contributed by atoms with E-state index in [9.17, 15) is 0 Å². The standard InChI is InChI=1S/C7H13.BrH.Hg/c1-7-5-3-2-4-6-7;;/h2,7H,3-6H2,1H3;1H;/q;;+1/p-1. The Morgan fingerprint density at radius 2 is 1.78 bits per heavy atom. The predicted octanol–water partition coefficient (Wildman–Crippen LogP) is 3.38. The molecule has 1 rings (SSSR count). The molecule has 0 bridgehead atoms. The van der Waals surface area contributed by atoms with E-state index in [4.69, 9.17) is 0 Å². The van der Waals surface area contributed by atoms with Gasteiger partial charge in [0.05, 0.1) is 0 Å². The van der Waals surface area contributed by atoms with Gasteiger partial charge in [0.1, 0.15) is 0 Å². The van der Waals surface area contributed by atoms with Crippen LogP contribution in [-0.4, -0.2) is 0 Å². The van der Waals surface area contributed by atoms with E-state index in [1.165, 1.54) is 16.3 Å². The Bertz CT molecular complexity index is 77.0. The van der Waals surface area contributed by atoms with Crippen LogP contribution in [-0.2, 0) is 22.1 Å². The van der Waals surface area contributed by atoms with Gasteiger partial charge in [0, 0.05) is 0 Å². The second-order valence-electron chi connectivity index (χ2n) is 3.28. The van der Waals surface area contributed by atoms with Crippen molar-refractivity contribution in [3.63, 3.8) is 0 Å². The van der Waals surface area contributed by atoms with Crippen molar-refractivity contribution >= 4 is 11.9 Å². The summed E-state index contributed by atoms with van der Waals surface area (Å²) in [5, 5.41) is 0. The van der Waals surface area contributed by atoms with Gasteiger partial charge in [0.2, 0.25) is 0 Å². The van der Waals surface area contributed by atoms with Crippen molar-refractivity contribution < 1.29 is 22.1 Å². The first-order chi connectivity index (χ1) is 4.33. The predicted molar refractivity (Wildman–Crippen MR) is 40.3 cm³/mol. The molecule has 0 saturated heterocycles. The molecule has 0 aromatic rings. The van der Waals surface area contributed by atoms with Crippen molar-refractivity contribution in [2.45, 2.75) is 36.0 Å². The van der Waals surface area contributed by atoms with Gasteiger partial charge in [-0.1, -0.05) is 0 Å². The molecule has 0 nitrogen and oxygen atoms in total. The van der Waals surface area contributed by atoms with Gasteiger partial charge >= 0.3 is 76.0 Å². The maximum absolute atomic E-state index is 3.75. The molecule has 0 aromatic heterocycles. The number of rotatable bonds is 1. The molecule has 0 amide bonds. The Hall–Kier alpha value is 1.42. The fourth-order valence-electron chi connectivity index (χ4n) is 1.48. The molecule has 1 aliphatic carbocycles. The van der Waals surface area contributed by atoms with Gasteiger partial charge in [0.25, 0.3) is 0 Å². The first-order valence-electron chi connectivity index (χ1n) is 3.89. The number of halogens is 1. The topological polar surface area (TPSA) is 0 Å². The van der Waals surface area contributed by atoms with E-state index in [-0.39, 0.29) is 0 Å². The molecule has 0 heterocycles. The normalized spacial score (nSPS) is 35.8. The molecule has 0 unspecified atom stereocenters. The van der Waals surface area contributed by atoms with E-state index in [1.807, 2.05) is 0 Å². The molecule has 0 N–H and O–H groups in total. The van der Waals surface area contributed by atoms with E-state index in [0.29, 0.717) is 0 Å². The van der Waals surface area contributed by atoms with Crippen molar-refractivity contribution in [3.05, 3.63) is 0 Å². The summed E-state index contributed by atoms with van der Waals surface area (Å²) >= 11 is 3.27. The van der Waals surface area contributed by atoms with Gasteiger partial charge in [0.15, 0.2) is 0 Å². The third-order valence-corrected chi connectivity index (χ3v) is 15.3. The zero-order chi connectivity index (χ0) is 6.69. The molecule has 50 valence electrons. The second kappa shape index (κ2) is 4.33. The summed E-state index contributed by atoms with van der Waals surface area (Å²) in [6, 6.07) is 0. The van der Waals surface area contributed by atoms with E-state index in [2.05, 4.69) is 18.8 Å². The van der Waals surface area contributed by atoms with Gasteiger partial charge in [-0.25, -0.2) is 0 Å². The van der Waals surface area contributed by atoms with E-state index in [0.717, 1.165) is 5.92 Å². The molecule has 1 saturated carbocycles. The average Bonchev–Trinajstić information content (AvgIpc) is 1.90. The van der Waals surface area contributed by atoms with Crippen LogP contribution < -0.4 is 0 Å². The van der Waals surface area contributed by atoms with Crippen LogP contribution in [0.1, 0.15) is 32.6 Å². The molecular formula is C7H13BrHg. The van der Waals surface area contributed by atoms with Crippen molar-refractivity contribution in [3.8, 4) is 0 Å². The fraction of sp³-hybridized carbons (Fsp3) is 1.00. The molecule has 2 heteroatoms. The SMILES string of the molecule is CC1CC[CH]([Hg][Br])CC1. The summed E-state index contributed by atoms with van der Waals surface area (Å²) in [6.45, 7) is 2.39. The summed E-state index contributed by atoms with van der Waals surface area (Å²) in [4.78, 5) is 0. The zero-order valence-corrected chi connectivity index (χ0v) is 13.2. The van der Waals surface area contributed by atoms with E-state index < -0.39 is 22.1 Å². The van der Waals surface area contributed by atoms with Crippen molar-refractivity contribution in [1.29, 1.82) is 0 Å². The number of hydrogen-bond donors (Lipinski definition) is 0. The zero-order valence-electron chi connectivity index (χ0n) is 6.07. The molecular weight excluding hydrogens is 365 g/mol. The summed E-state index contributed by atoms with van der Waals surface area (Å²) in [5.74, 6) is 1.04. The van der Waals surface area contributed by atoms with Crippen molar-refractivity contribution in [2.24, 2.45) is 5.92 Å². The molecule has 0 atom stereocenters. The summed E-state index contributed by atoms with van der Waals surface area (Å²) in [7, 11) is 0. The quantitative estimate of drug-likeness (QED) is 0.615. The van der Waals surface area contributed by atoms with Crippen LogP contribution in [0.3, 0.4) is 0 Å². The summed E-state index contributed by atoms with van der Waals surface area (Å²) in [6.07, 6.45) is 6.12. The molecule has 0 spiro atoms. The molecule has 0 radical (unpaired) electrons. The van der Waals surface area contributed by atoms with E-state index in [1.54, 1.807) is 12.8 Å². The van der Waals surface area contributed by atoms with Gasteiger partial charge in [-0.15, -0.1) is 0 Å². The Kier molecular flexibility index (Phi) is 4.09. The Morgan fingerprint density at radius 3 is 2.22 bits per heavy atom. The minimum absolute atomic E-state index is 0.480. The molecule has 0 aliphatic heterocycles. The van der Waals surface area contributed by atoms with E-state index >= 15 is 0 Å². The van der Waals surface area contributed by atoms with Crippen molar-refractivity contribution in [2.75, 3.05) is 0 Å². The van der Waals surface area contributed by atoms with Crippen LogP contribution >= 0.6 is 11.9 Å². The molecule has 1 aliphatic rings. The summed E-state index contributed by atoms with van der Waals surface area (Å²) < 4.78 is 1.21.